The number of unbranched alkanes of at least 4 members (excludes halogenated alkanes) is 15. The molecule has 0 saturated carbocycles. The Morgan fingerprint density at radius 2 is 1.14 bits per heavy atom. The Kier molecular flexibility index (Phi) is 24.9. The van der Waals surface area contributed by atoms with Crippen molar-refractivity contribution in [3.8, 4) is 0 Å². The van der Waals surface area contributed by atoms with Crippen LogP contribution in [0.3, 0.4) is 0 Å². The van der Waals surface area contributed by atoms with E-state index < -0.39 is 0 Å². The van der Waals surface area contributed by atoms with Gasteiger partial charge in [-0.05, 0) is 45.2 Å². The molecular weight excluding hydrogens is 362 g/mol. The van der Waals surface area contributed by atoms with E-state index in [0.29, 0.717) is 19.6 Å². The molecule has 0 aliphatic carbocycles. The van der Waals surface area contributed by atoms with E-state index in [9.17, 15) is 4.79 Å². The first-order chi connectivity index (χ1) is 14.3. The van der Waals surface area contributed by atoms with Crippen LogP contribution >= 0.6 is 0 Å². The molecule has 0 aliphatic heterocycles. The third-order valence-electron chi connectivity index (χ3n) is 5.51. The fraction of sp³-hybridized carbons (Fsp3) is 0.960. The maximum Gasteiger partial charge on any atom is 0.305 e. The summed E-state index contributed by atoms with van der Waals surface area (Å²) >= 11 is 0. The first kappa shape index (κ1) is 28.4. The minimum absolute atomic E-state index is 0.00303. The van der Waals surface area contributed by atoms with Crippen LogP contribution in [0.5, 0.6) is 0 Å². The molecule has 0 radical (unpaired) electrons. The van der Waals surface area contributed by atoms with Crippen LogP contribution in [-0.4, -0.2) is 37.4 Å². The predicted molar refractivity (Wildman–Crippen MR) is 124 cm³/mol. The van der Waals surface area contributed by atoms with Crippen LogP contribution in [0, 0.1) is 0 Å². The van der Waals surface area contributed by atoms with Gasteiger partial charge in [0.2, 0.25) is 0 Å². The average molecular weight is 414 g/mol. The smallest absolute Gasteiger partial charge is 0.305 e. The molecule has 0 aromatic heterocycles. The molecule has 0 atom stereocenters. The largest absolute Gasteiger partial charge is 0.466 e. The van der Waals surface area contributed by atoms with Gasteiger partial charge in [0.1, 0.15) is 0 Å². The van der Waals surface area contributed by atoms with Gasteiger partial charge in [0.15, 0.2) is 0 Å². The summed E-state index contributed by atoms with van der Waals surface area (Å²) in [5, 5.41) is 12.3. The van der Waals surface area contributed by atoms with E-state index in [2.05, 4.69) is 12.2 Å². The lowest BCUT2D eigenvalue weighted by Gasteiger charge is -2.06. The summed E-state index contributed by atoms with van der Waals surface area (Å²) in [5.41, 5.74) is 0. The van der Waals surface area contributed by atoms with Gasteiger partial charge in [-0.25, -0.2) is 0 Å². The molecule has 0 rings (SSSR count). The molecule has 174 valence electrons. The molecule has 0 aliphatic rings. The number of hydrogen-bond acceptors (Lipinski definition) is 4. The third kappa shape index (κ3) is 25.4. The number of carbonyl (C=O) groups is 1. The van der Waals surface area contributed by atoms with Gasteiger partial charge in [0.25, 0.3) is 0 Å². The monoisotopic (exact) mass is 413 g/mol. The van der Waals surface area contributed by atoms with Gasteiger partial charge in [-0.2, -0.15) is 0 Å². The van der Waals surface area contributed by atoms with Crippen LogP contribution in [0.4, 0.5) is 0 Å². The Morgan fingerprint density at radius 1 is 0.655 bits per heavy atom. The van der Waals surface area contributed by atoms with Crippen LogP contribution in [-0.2, 0) is 9.53 Å². The van der Waals surface area contributed by atoms with Crippen LogP contribution in [0.25, 0.3) is 0 Å². The van der Waals surface area contributed by atoms with Crippen molar-refractivity contribution in [2.45, 2.75) is 129 Å². The minimum Gasteiger partial charge on any atom is -0.466 e. The van der Waals surface area contributed by atoms with E-state index in [1.54, 1.807) is 0 Å². The van der Waals surface area contributed by atoms with Crippen molar-refractivity contribution < 1.29 is 14.6 Å². The molecule has 2 N–H and O–H groups in total. The fourth-order valence-corrected chi connectivity index (χ4v) is 3.56. The van der Waals surface area contributed by atoms with Gasteiger partial charge in [0, 0.05) is 13.0 Å². The molecule has 0 spiro atoms. The zero-order valence-corrected chi connectivity index (χ0v) is 19.5. The van der Waals surface area contributed by atoms with Crippen molar-refractivity contribution in [3.05, 3.63) is 0 Å². The van der Waals surface area contributed by atoms with Crippen LogP contribution in [0.2, 0.25) is 0 Å². The first-order valence-electron chi connectivity index (χ1n) is 12.8. The summed E-state index contributed by atoms with van der Waals surface area (Å²) in [6.07, 6.45) is 22.5. The molecular formula is C25H51NO3. The van der Waals surface area contributed by atoms with Gasteiger partial charge < -0.3 is 15.2 Å². The number of nitrogens with one attached hydrogen (secondary N) is 1. The third-order valence-corrected chi connectivity index (χ3v) is 5.51. The second-order valence-corrected chi connectivity index (χ2v) is 8.45. The number of esters is 1. The molecule has 4 heteroatoms. The Hall–Kier alpha value is -0.610. The number of aliphatic hydroxyl groups is 1. The summed E-state index contributed by atoms with van der Waals surface area (Å²) in [6.45, 7) is 5.46. The lowest BCUT2D eigenvalue weighted by Crippen LogP contribution is -2.16. The predicted octanol–water partition coefficient (Wildman–Crippen LogP) is 6.54. The number of aliphatic hydroxyl groups excluding tert-OH is 1. The van der Waals surface area contributed by atoms with E-state index in [0.717, 1.165) is 38.8 Å². The van der Waals surface area contributed by atoms with E-state index in [-0.39, 0.29) is 5.97 Å². The molecule has 4 nitrogen and oxygen atoms in total. The first-order valence-corrected chi connectivity index (χ1v) is 12.8. The normalized spacial score (nSPS) is 11.1. The Balaban J connectivity index is 3.10. The zero-order valence-electron chi connectivity index (χ0n) is 19.5. The van der Waals surface area contributed by atoms with Crippen molar-refractivity contribution in [3.63, 3.8) is 0 Å². The SMILES string of the molecule is CCCCCCCCC(=O)OCCCCCCCCNCCCCCCCCO. The summed E-state index contributed by atoms with van der Waals surface area (Å²) in [7, 11) is 0. The molecule has 0 aromatic rings. The Bertz CT molecular complexity index is 323. The quantitative estimate of drug-likeness (QED) is 0.139. The number of carbonyl (C=O) groups excluding carboxylic acids is 1. The fourth-order valence-electron chi connectivity index (χ4n) is 3.56. The maximum atomic E-state index is 11.7. The molecule has 0 saturated heterocycles. The molecule has 0 amide bonds. The van der Waals surface area contributed by atoms with Crippen molar-refractivity contribution in [1.29, 1.82) is 0 Å². The summed E-state index contributed by atoms with van der Waals surface area (Å²) < 4.78 is 5.33. The van der Waals surface area contributed by atoms with Crippen molar-refractivity contribution in [2.24, 2.45) is 0 Å². The van der Waals surface area contributed by atoms with Crippen molar-refractivity contribution in [1.82, 2.24) is 5.32 Å². The standard InChI is InChI=1S/C25H51NO3/c1-2-3-4-5-10-15-20-25(28)29-24-19-14-9-7-12-17-22-26-21-16-11-6-8-13-18-23-27/h26-27H,2-24H2,1H3. The van der Waals surface area contributed by atoms with Crippen LogP contribution in [0.1, 0.15) is 129 Å². The lowest BCUT2D eigenvalue weighted by molar-refractivity contribution is -0.143. The average Bonchev–Trinajstić information content (AvgIpc) is 2.73. The highest BCUT2D eigenvalue weighted by Gasteiger charge is 2.02. The molecule has 0 fully saturated rings. The van der Waals surface area contributed by atoms with E-state index in [1.807, 2.05) is 0 Å². The molecule has 0 heterocycles. The maximum absolute atomic E-state index is 11.7. The molecule has 0 unspecified atom stereocenters. The Labute approximate surface area is 181 Å². The molecule has 29 heavy (non-hydrogen) atoms. The zero-order chi connectivity index (χ0) is 21.3. The van der Waals surface area contributed by atoms with Gasteiger partial charge in [-0.3, -0.25) is 4.79 Å². The van der Waals surface area contributed by atoms with Gasteiger partial charge >= 0.3 is 5.97 Å². The highest BCUT2D eigenvalue weighted by molar-refractivity contribution is 5.69. The van der Waals surface area contributed by atoms with Crippen LogP contribution < -0.4 is 5.32 Å². The second kappa shape index (κ2) is 25.4. The number of ether oxygens (including phenoxy) is 1. The summed E-state index contributed by atoms with van der Waals surface area (Å²) in [4.78, 5) is 11.7. The summed E-state index contributed by atoms with van der Waals surface area (Å²) in [5.74, 6) is -0.00303. The van der Waals surface area contributed by atoms with Gasteiger partial charge in [-0.1, -0.05) is 90.4 Å². The van der Waals surface area contributed by atoms with Crippen molar-refractivity contribution >= 4 is 5.97 Å². The number of hydrogen-bond donors (Lipinski definition) is 2. The number of rotatable bonds is 24. The molecule has 0 bridgehead atoms. The van der Waals surface area contributed by atoms with E-state index in [4.69, 9.17) is 9.84 Å². The summed E-state index contributed by atoms with van der Waals surface area (Å²) in [6, 6.07) is 0. The lowest BCUT2D eigenvalue weighted by atomic mass is 10.1. The van der Waals surface area contributed by atoms with E-state index >= 15 is 0 Å². The minimum atomic E-state index is -0.00303. The molecule has 0 aromatic carbocycles. The van der Waals surface area contributed by atoms with Crippen molar-refractivity contribution in [2.75, 3.05) is 26.3 Å². The second-order valence-electron chi connectivity index (χ2n) is 8.45. The highest BCUT2D eigenvalue weighted by atomic mass is 16.5. The highest BCUT2D eigenvalue weighted by Crippen LogP contribution is 2.09. The van der Waals surface area contributed by atoms with Gasteiger partial charge in [0.05, 0.1) is 6.61 Å². The van der Waals surface area contributed by atoms with Crippen LogP contribution in [0.15, 0.2) is 0 Å². The van der Waals surface area contributed by atoms with Gasteiger partial charge in [-0.15, -0.1) is 0 Å². The van der Waals surface area contributed by atoms with E-state index in [1.165, 1.54) is 89.9 Å². The topological polar surface area (TPSA) is 58.6 Å². The Morgan fingerprint density at radius 3 is 1.72 bits per heavy atom.